The molecule has 1 atom stereocenters. The van der Waals surface area contributed by atoms with Gasteiger partial charge in [-0.05, 0) is 36.5 Å². The lowest BCUT2D eigenvalue weighted by atomic mass is 9.76. The summed E-state index contributed by atoms with van der Waals surface area (Å²) in [5.41, 5.74) is 0.272. The van der Waals surface area contributed by atoms with Crippen molar-refractivity contribution in [3.8, 4) is 6.07 Å². The molecule has 106 valence electrons. The van der Waals surface area contributed by atoms with E-state index >= 15 is 0 Å². The summed E-state index contributed by atoms with van der Waals surface area (Å²) in [4.78, 5) is 13.3. The first-order valence-corrected chi connectivity index (χ1v) is 6.56. The van der Waals surface area contributed by atoms with Crippen LogP contribution in [0.15, 0.2) is 18.2 Å². The second-order valence-electron chi connectivity index (χ2n) is 5.80. The molecular weight excluding hydrogens is 259 g/mol. The van der Waals surface area contributed by atoms with Crippen LogP contribution in [-0.2, 0) is 4.79 Å². The average Bonchev–Trinajstić information content (AvgIpc) is 2.36. The predicted octanol–water partition coefficient (Wildman–Crippen LogP) is 2.78. The molecule has 1 saturated heterocycles. The minimum Gasteiger partial charge on any atom is -0.480 e. The Labute approximate surface area is 117 Å². The van der Waals surface area contributed by atoms with Crippen LogP contribution in [0.5, 0.6) is 0 Å². The van der Waals surface area contributed by atoms with Gasteiger partial charge in [0.05, 0.1) is 11.3 Å². The average molecular weight is 276 g/mol. The van der Waals surface area contributed by atoms with E-state index < -0.39 is 23.2 Å². The third-order valence-electron chi connectivity index (χ3n) is 3.89. The molecule has 0 saturated carbocycles. The van der Waals surface area contributed by atoms with Crippen molar-refractivity contribution in [1.82, 2.24) is 0 Å². The molecule has 1 N–H and O–H groups in total. The number of carbonyl (C=O) groups is 1. The molecule has 0 bridgehead atoms. The summed E-state index contributed by atoms with van der Waals surface area (Å²) in [5.74, 6) is -1.41. The largest absolute Gasteiger partial charge is 0.480 e. The number of carboxylic acids is 1. The van der Waals surface area contributed by atoms with Crippen molar-refractivity contribution in [3.63, 3.8) is 0 Å². The number of piperidine rings is 1. The van der Waals surface area contributed by atoms with Gasteiger partial charge < -0.3 is 10.0 Å². The highest BCUT2D eigenvalue weighted by molar-refractivity contribution is 5.80. The van der Waals surface area contributed by atoms with Gasteiger partial charge in [-0.15, -0.1) is 0 Å². The first-order valence-electron chi connectivity index (χ1n) is 6.56. The number of hydrogen-bond acceptors (Lipinski definition) is 3. The molecule has 1 aromatic rings. The Morgan fingerprint density at radius 2 is 2.25 bits per heavy atom. The van der Waals surface area contributed by atoms with Crippen LogP contribution in [0.3, 0.4) is 0 Å². The molecule has 1 unspecified atom stereocenters. The third kappa shape index (κ3) is 2.46. The zero-order valence-corrected chi connectivity index (χ0v) is 11.6. The van der Waals surface area contributed by atoms with Crippen molar-refractivity contribution in [1.29, 1.82) is 5.26 Å². The van der Waals surface area contributed by atoms with Gasteiger partial charge >= 0.3 is 5.97 Å². The molecule has 1 aromatic carbocycles. The SMILES string of the molecule is CC1(C)CCCN(c2ccc(F)cc2C#N)C1C(=O)O. The lowest BCUT2D eigenvalue weighted by Crippen LogP contribution is -2.54. The van der Waals surface area contributed by atoms with E-state index in [0.717, 1.165) is 18.9 Å². The number of carboxylic acid groups (broad SMARTS) is 1. The second-order valence-corrected chi connectivity index (χ2v) is 5.80. The number of anilines is 1. The number of aliphatic carboxylic acids is 1. The molecule has 0 radical (unpaired) electrons. The Hall–Kier alpha value is -2.09. The maximum Gasteiger partial charge on any atom is 0.326 e. The van der Waals surface area contributed by atoms with Gasteiger partial charge in [-0.1, -0.05) is 13.8 Å². The van der Waals surface area contributed by atoms with Gasteiger partial charge in [0.25, 0.3) is 0 Å². The molecular formula is C15H17FN2O2. The monoisotopic (exact) mass is 276 g/mol. The summed E-state index contributed by atoms with van der Waals surface area (Å²) in [6.45, 7) is 4.38. The van der Waals surface area contributed by atoms with Crippen LogP contribution >= 0.6 is 0 Å². The number of nitriles is 1. The fraction of sp³-hybridized carbons (Fsp3) is 0.467. The molecule has 0 aromatic heterocycles. The minimum atomic E-state index is -0.914. The number of hydrogen-bond donors (Lipinski definition) is 1. The van der Waals surface area contributed by atoms with E-state index in [4.69, 9.17) is 5.26 Å². The topological polar surface area (TPSA) is 64.3 Å². The van der Waals surface area contributed by atoms with Gasteiger partial charge in [0, 0.05) is 6.54 Å². The van der Waals surface area contributed by atoms with Crippen molar-refractivity contribution in [2.75, 3.05) is 11.4 Å². The van der Waals surface area contributed by atoms with Crippen LogP contribution in [-0.4, -0.2) is 23.7 Å². The zero-order valence-electron chi connectivity index (χ0n) is 11.6. The molecule has 2 rings (SSSR count). The van der Waals surface area contributed by atoms with Crippen molar-refractivity contribution >= 4 is 11.7 Å². The Kier molecular flexibility index (Phi) is 3.67. The molecule has 4 nitrogen and oxygen atoms in total. The lowest BCUT2D eigenvalue weighted by molar-refractivity contribution is -0.142. The van der Waals surface area contributed by atoms with Gasteiger partial charge in [-0.3, -0.25) is 0 Å². The standard InChI is InChI=1S/C15H17FN2O2/c1-15(2)6-3-7-18(13(15)14(19)20)12-5-4-11(16)8-10(12)9-17/h4-5,8,13H,3,6-7H2,1-2H3,(H,19,20). The summed E-state index contributed by atoms with van der Waals surface area (Å²) in [6, 6.07) is 5.13. The van der Waals surface area contributed by atoms with Gasteiger partial charge in [0.2, 0.25) is 0 Å². The van der Waals surface area contributed by atoms with Crippen molar-refractivity contribution < 1.29 is 14.3 Å². The fourth-order valence-corrected chi connectivity index (χ4v) is 2.97. The maximum atomic E-state index is 13.2. The molecule has 1 aliphatic heterocycles. The summed E-state index contributed by atoms with van der Waals surface area (Å²) < 4.78 is 13.2. The molecule has 1 fully saturated rings. The Balaban J connectivity index is 2.50. The number of rotatable bonds is 2. The summed E-state index contributed by atoms with van der Waals surface area (Å²) >= 11 is 0. The number of benzene rings is 1. The van der Waals surface area contributed by atoms with Crippen LogP contribution in [0, 0.1) is 22.6 Å². The molecule has 0 aliphatic carbocycles. The van der Waals surface area contributed by atoms with E-state index in [-0.39, 0.29) is 5.56 Å². The first-order chi connectivity index (χ1) is 9.36. The van der Waals surface area contributed by atoms with Crippen molar-refractivity contribution in [3.05, 3.63) is 29.6 Å². The maximum absolute atomic E-state index is 13.2. The van der Waals surface area contributed by atoms with E-state index in [1.165, 1.54) is 12.1 Å². The minimum absolute atomic E-state index is 0.175. The van der Waals surface area contributed by atoms with E-state index in [1.807, 2.05) is 19.9 Å². The number of halogens is 1. The highest BCUT2D eigenvalue weighted by Gasteiger charge is 2.43. The van der Waals surface area contributed by atoms with E-state index in [0.29, 0.717) is 12.2 Å². The molecule has 20 heavy (non-hydrogen) atoms. The summed E-state index contributed by atoms with van der Waals surface area (Å²) in [6.07, 6.45) is 1.66. The third-order valence-corrected chi connectivity index (χ3v) is 3.89. The van der Waals surface area contributed by atoms with Crippen LogP contribution in [0.25, 0.3) is 0 Å². The number of nitrogens with zero attached hydrogens (tertiary/aromatic N) is 2. The van der Waals surface area contributed by atoms with Crippen molar-refractivity contribution in [2.24, 2.45) is 5.41 Å². The van der Waals surface area contributed by atoms with E-state index in [9.17, 15) is 14.3 Å². The van der Waals surface area contributed by atoms with Gasteiger partial charge in [-0.2, -0.15) is 5.26 Å². The van der Waals surface area contributed by atoms with Crippen LogP contribution in [0.2, 0.25) is 0 Å². The molecule has 0 amide bonds. The Bertz CT molecular complexity index is 578. The lowest BCUT2D eigenvalue weighted by Gasteiger charge is -2.45. The summed E-state index contributed by atoms with van der Waals surface area (Å²) in [5, 5.41) is 18.7. The second kappa shape index (κ2) is 5.12. The smallest absolute Gasteiger partial charge is 0.326 e. The van der Waals surface area contributed by atoms with Gasteiger partial charge in [0.15, 0.2) is 0 Å². The first kappa shape index (κ1) is 14.3. The molecule has 1 aliphatic rings. The van der Waals surface area contributed by atoms with Crippen LogP contribution < -0.4 is 4.90 Å². The van der Waals surface area contributed by atoms with Gasteiger partial charge in [-0.25, -0.2) is 9.18 Å². The summed E-state index contributed by atoms with van der Waals surface area (Å²) in [7, 11) is 0. The fourth-order valence-electron chi connectivity index (χ4n) is 2.97. The highest BCUT2D eigenvalue weighted by Crippen LogP contribution is 2.38. The molecule has 1 heterocycles. The quantitative estimate of drug-likeness (QED) is 0.902. The zero-order chi connectivity index (χ0) is 14.9. The van der Waals surface area contributed by atoms with Crippen LogP contribution in [0.1, 0.15) is 32.3 Å². The van der Waals surface area contributed by atoms with Crippen LogP contribution in [0.4, 0.5) is 10.1 Å². The van der Waals surface area contributed by atoms with E-state index in [2.05, 4.69) is 0 Å². The molecule has 0 spiro atoms. The normalized spacial score (nSPS) is 21.3. The Morgan fingerprint density at radius 3 is 2.85 bits per heavy atom. The predicted molar refractivity (Wildman–Crippen MR) is 72.9 cm³/mol. The van der Waals surface area contributed by atoms with E-state index in [1.54, 1.807) is 4.90 Å². The van der Waals surface area contributed by atoms with Gasteiger partial charge in [0.1, 0.15) is 17.9 Å². The van der Waals surface area contributed by atoms with Crippen molar-refractivity contribution in [2.45, 2.75) is 32.7 Å². The Morgan fingerprint density at radius 1 is 1.55 bits per heavy atom. The highest BCUT2D eigenvalue weighted by atomic mass is 19.1. The molecule has 5 heteroatoms.